The molecule has 0 aromatic heterocycles. The lowest BCUT2D eigenvalue weighted by Crippen LogP contribution is -2.59. The van der Waals surface area contributed by atoms with Crippen LogP contribution in [0.3, 0.4) is 0 Å². The third-order valence-electron chi connectivity index (χ3n) is 6.60. The van der Waals surface area contributed by atoms with Gasteiger partial charge in [-0.3, -0.25) is 0 Å². The van der Waals surface area contributed by atoms with Crippen molar-refractivity contribution in [1.29, 1.82) is 0 Å². The summed E-state index contributed by atoms with van der Waals surface area (Å²) in [4.78, 5) is 2.61. The van der Waals surface area contributed by atoms with Crippen molar-refractivity contribution in [2.24, 2.45) is 5.92 Å². The normalized spacial score (nSPS) is 32.3. The molecule has 0 N–H and O–H groups in total. The fourth-order valence-electron chi connectivity index (χ4n) is 5.63. The van der Waals surface area contributed by atoms with Crippen molar-refractivity contribution < 1.29 is 9.47 Å². The van der Waals surface area contributed by atoms with Gasteiger partial charge in [0.05, 0.1) is 14.2 Å². The summed E-state index contributed by atoms with van der Waals surface area (Å²) in [6.45, 7) is 1.21. The van der Waals surface area contributed by atoms with Gasteiger partial charge in [-0.15, -0.1) is 12.4 Å². The first-order chi connectivity index (χ1) is 10.7. The van der Waals surface area contributed by atoms with Crippen LogP contribution in [0.1, 0.15) is 43.2 Å². The molecule has 1 saturated heterocycles. The molecule has 23 heavy (non-hydrogen) atoms. The fourth-order valence-corrected chi connectivity index (χ4v) is 5.63. The lowest BCUT2D eigenvalue weighted by molar-refractivity contribution is 0.00129. The quantitative estimate of drug-likeness (QED) is 0.819. The average molecular weight is 338 g/mol. The fraction of sp³-hybridized carbons (Fsp3) is 0.684. The molecule has 2 bridgehead atoms. The molecule has 1 saturated carbocycles. The molecule has 2 fully saturated rings. The number of halogens is 1. The van der Waals surface area contributed by atoms with Crippen molar-refractivity contribution in [3.8, 4) is 11.5 Å². The van der Waals surface area contributed by atoms with Crippen LogP contribution in [0, 0.1) is 5.92 Å². The van der Waals surface area contributed by atoms with Crippen molar-refractivity contribution in [3.05, 3.63) is 23.3 Å². The van der Waals surface area contributed by atoms with Crippen LogP contribution in [0.5, 0.6) is 11.5 Å². The molecule has 1 heterocycles. The second kappa shape index (κ2) is 6.18. The number of likely N-dealkylation sites (N-methyl/N-ethyl adjacent to an activating group) is 1. The minimum atomic E-state index is 0. The van der Waals surface area contributed by atoms with Gasteiger partial charge >= 0.3 is 0 Å². The molecular weight excluding hydrogens is 310 g/mol. The zero-order chi connectivity index (χ0) is 15.3. The van der Waals surface area contributed by atoms with E-state index >= 15 is 0 Å². The summed E-state index contributed by atoms with van der Waals surface area (Å²) in [6.07, 6.45) is 7.86. The van der Waals surface area contributed by atoms with E-state index < -0.39 is 0 Å². The van der Waals surface area contributed by atoms with Crippen molar-refractivity contribution >= 4 is 12.4 Å². The highest BCUT2D eigenvalue weighted by Crippen LogP contribution is 2.59. The molecule has 1 aromatic carbocycles. The van der Waals surface area contributed by atoms with Gasteiger partial charge in [-0.2, -0.15) is 0 Å². The first-order valence-electron chi connectivity index (χ1n) is 8.66. The lowest BCUT2D eigenvalue weighted by Gasteiger charge is -2.58. The molecule has 4 rings (SSSR count). The largest absolute Gasteiger partial charge is 0.493 e. The number of ether oxygens (including phenoxy) is 2. The smallest absolute Gasteiger partial charge is 0.164 e. The number of methoxy groups -OCH3 is 2. The van der Waals surface area contributed by atoms with Gasteiger partial charge < -0.3 is 14.4 Å². The van der Waals surface area contributed by atoms with Gasteiger partial charge in [0.25, 0.3) is 0 Å². The predicted molar refractivity (Wildman–Crippen MR) is 95.2 cm³/mol. The Morgan fingerprint density at radius 1 is 1.13 bits per heavy atom. The Balaban J connectivity index is 0.00000156. The zero-order valence-corrected chi connectivity index (χ0v) is 15.2. The van der Waals surface area contributed by atoms with E-state index in [2.05, 4.69) is 24.1 Å². The first-order valence-corrected chi connectivity index (χ1v) is 8.66. The van der Waals surface area contributed by atoms with Crippen LogP contribution in [-0.4, -0.2) is 38.8 Å². The predicted octanol–water partition coefficient (Wildman–Crippen LogP) is 3.81. The number of nitrogens with zero attached hydrogens (tertiary/aromatic N) is 1. The lowest BCUT2D eigenvalue weighted by atomic mass is 9.52. The number of hydrogen-bond donors (Lipinski definition) is 0. The molecular formula is C19H28ClNO2. The molecule has 0 spiro atoms. The second-order valence-electron chi connectivity index (χ2n) is 7.35. The molecule has 2 aliphatic carbocycles. The van der Waals surface area contributed by atoms with E-state index in [1.54, 1.807) is 14.2 Å². The third kappa shape index (κ3) is 2.27. The van der Waals surface area contributed by atoms with Crippen LogP contribution in [-0.2, 0) is 11.8 Å². The van der Waals surface area contributed by atoms with Crippen LogP contribution in [0.15, 0.2) is 12.1 Å². The van der Waals surface area contributed by atoms with Crippen LogP contribution in [0.25, 0.3) is 0 Å². The summed E-state index contributed by atoms with van der Waals surface area (Å²) in [5, 5.41) is 0. The summed E-state index contributed by atoms with van der Waals surface area (Å²) in [5.74, 6) is 2.70. The van der Waals surface area contributed by atoms with E-state index in [9.17, 15) is 0 Å². The number of likely N-dealkylation sites (tertiary alicyclic amines) is 1. The summed E-state index contributed by atoms with van der Waals surface area (Å²) in [6, 6.07) is 5.09. The molecule has 3 nitrogen and oxygen atoms in total. The Kier molecular flexibility index (Phi) is 4.54. The van der Waals surface area contributed by atoms with Gasteiger partial charge in [-0.1, -0.05) is 18.9 Å². The number of fused-ring (bicyclic) bond motifs is 1. The van der Waals surface area contributed by atoms with Crippen molar-refractivity contribution in [3.63, 3.8) is 0 Å². The van der Waals surface area contributed by atoms with Crippen LogP contribution < -0.4 is 9.47 Å². The van der Waals surface area contributed by atoms with Gasteiger partial charge in [-0.25, -0.2) is 0 Å². The molecule has 1 aromatic rings. The topological polar surface area (TPSA) is 21.7 Å². The van der Waals surface area contributed by atoms with E-state index in [0.717, 1.165) is 17.4 Å². The number of piperidine rings is 1. The molecule has 0 radical (unpaired) electrons. The maximum absolute atomic E-state index is 5.86. The molecule has 128 valence electrons. The molecule has 3 atom stereocenters. The highest BCUT2D eigenvalue weighted by Gasteiger charge is 2.54. The van der Waals surface area contributed by atoms with Gasteiger partial charge in [0.2, 0.25) is 0 Å². The first kappa shape index (κ1) is 16.9. The number of hydrogen-bond acceptors (Lipinski definition) is 3. The molecule has 0 amide bonds. The summed E-state index contributed by atoms with van der Waals surface area (Å²) in [5.41, 5.74) is 3.30. The van der Waals surface area contributed by atoms with E-state index in [4.69, 9.17) is 9.47 Å². The van der Waals surface area contributed by atoms with Crippen molar-refractivity contribution in [2.45, 2.75) is 50.0 Å². The number of benzene rings is 1. The zero-order valence-electron chi connectivity index (χ0n) is 14.4. The molecule has 0 unspecified atom stereocenters. The van der Waals surface area contributed by atoms with E-state index in [-0.39, 0.29) is 12.4 Å². The van der Waals surface area contributed by atoms with Gasteiger partial charge in [0.15, 0.2) is 11.5 Å². The highest BCUT2D eigenvalue weighted by molar-refractivity contribution is 5.85. The molecule has 1 aliphatic heterocycles. The minimum Gasteiger partial charge on any atom is -0.493 e. The SMILES string of the molecule is COc1ccc2c(c1OC)[C@@]13CCCC[C@H]1[C@@H](C2)N(C)CC3.Cl. The van der Waals surface area contributed by atoms with Crippen LogP contribution in [0.2, 0.25) is 0 Å². The standard InChI is InChI=1S/C19H27NO2.ClH/c1-20-11-10-19-9-5-4-6-14(19)15(20)12-13-7-8-16(21-2)18(22-3)17(13)19;/h7-8,14-15H,4-6,9-12H2,1-3H3;1H/t14-,15+,19+;/m0./s1. The second-order valence-corrected chi connectivity index (χ2v) is 7.35. The van der Waals surface area contributed by atoms with Gasteiger partial charge in [-0.05, 0) is 56.8 Å². The Bertz CT molecular complexity index is 591. The maximum Gasteiger partial charge on any atom is 0.164 e. The minimum absolute atomic E-state index is 0. The van der Waals surface area contributed by atoms with Crippen molar-refractivity contribution in [2.75, 3.05) is 27.8 Å². The third-order valence-corrected chi connectivity index (χ3v) is 6.60. The van der Waals surface area contributed by atoms with Crippen LogP contribution in [0.4, 0.5) is 0 Å². The van der Waals surface area contributed by atoms with Crippen molar-refractivity contribution in [1.82, 2.24) is 4.90 Å². The number of rotatable bonds is 2. The highest BCUT2D eigenvalue weighted by atomic mass is 35.5. The van der Waals surface area contributed by atoms with E-state index in [0.29, 0.717) is 11.5 Å². The van der Waals surface area contributed by atoms with Crippen LogP contribution >= 0.6 is 12.4 Å². The Hall–Kier alpha value is -0.930. The van der Waals surface area contributed by atoms with E-state index in [1.165, 1.54) is 56.2 Å². The van der Waals surface area contributed by atoms with Gasteiger partial charge in [0, 0.05) is 17.0 Å². The monoisotopic (exact) mass is 337 g/mol. The average Bonchev–Trinajstić information content (AvgIpc) is 2.57. The molecule has 3 aliphatic rings. The Morgan fingerprint density at radius 2 is 1.96 bits per heavy atom. The Morgan fingerprint density at radius 3 is 2.70 bits per heavy atom. The Labute approximate surface area is 145 Å². The molecule has 4 heteroatoms. The summed E-state index contributed by atoms with van der Waals surface area (Å²) in [7, 11) is 5.86. The summed E-state index contributed by atoms with van der Waals surface area (Å²) >= 11 is 0. The van der Waals surface area contributed by atoms with Gasteiger partial charge in [0.1, 0.15) is 0 Å². The maximum atomic E-state index is 5.86. The van der Waals surface area contributed by atoms with E-state index in [1.807, 2.05) is 0 Å². The summed E-state index contributed by atoms with van der Waals surface area (Å²) < 4.78 is 11.5.